The summed E-state index contributed by atoms with van der Waals surface area (Å²) < 4.78 is 0. The first kappa shape index (κ1) is 20.6. The van der Waals surface area contributed by atoms with Crippen molar-refractivity contribution in [3.63, 3.8) is 0 Å². The van der Waals surface area contributed by atoms with Crippen LogP contribution in [0.4, 0.5) is 0 Å². The van der Waals surface area contributed by atoms with Crippen molar-refractivity contribution in [1.29, 1.82) is 0 Å². The number of hydrogen-bond acceptors (Lipinski definition) is 0. The Morgan fingerprint density at radius 3 is 1.03 bits per heavy atom. The van der Waals surface area contributed by atoms with Crippen LogP contribution in [0.15, 0.2) is 133 Å². The minimum Gasteiger partial charge on any atom is -0.0622 e. The highest BCUT2D eigenvalue weighted by Crippen LogP contribution is 2.15. The maximum absolute atomic E-state index is 3.29. The zero-order valence-electron chi connectivity index (χ0n) is 17.5. The summed E-state index contributed by atoms with van der Waals surface area (Å²) in [7, 11) is 0. The number of allylic oxidation sites excluding steroid dienone is 2. The maximum Gasteiger partial charge on any atom is 0.0824 e. The molecule has 32 heavy (non-hydrogen) atoms. The summed E-state index contributed by atoms with van der Waals surface area (Å²) in [6.07, 6.45) is 0. The molecule has 0 N–H and O–H groups in total. The monoisotopic (exact) mass is 404 g/mol. The maximum atomic E-state index is 3.29. The topological polar surface area (TPSA) is 0 Å². The lowest BCUT2D eigenvalue weighted by Crippen LogP contribution is -1.81. The molecule has 0 amide bonds. The van der Waals surface area contributed by atoms with E-state index in [9.17, 15) is 0 Å². The van der Waals surface area contributed by atoms with Gasteiger partial charge in [-0.25, -0.2) is 0 Å². The summed E-state index contributed by atoms with van der Waals surface area (Å²) in [5.41, 5.74) is 12.0. The highest BCUT2D eigenvalue weighted by molar-refractivity contribution is 5.83. The Morgan fingerprint density at radius 2 is 0.688 bits per heavy atom. The van der Waals surface area contributed by atoms with E-state index in [0.717, 1.165) is 33.4 Å². The Morgan fingerprint density at radius 1 is 0.375 bits per heavy atom. The van der Waals surface area contributed by atoms with Gasteiger partial charge in [-0.2, -0.15) is 0 Å². The van der Waals surface area contributed by atoms with E-state index in [2.05, 4.69) is 35.1 Å². The van der Waals surface area contributed by atoms with Gasteiger partial charge in [0.2, 0.25) is 0 Å². The minimum atomic E-state index is 0.768. The zero-order chi connectivity index (χ0) is 21.8. The van der Waals surface area contributed by atoms with Gasteiger partial charge in [0.15, 0.2) is 0 Å². The van der Waals surface area contributed by atoms with Crippen LogP contribution in [0.5, 0.6) is 0 Å². The summed E-state index contributed by atoms with van der Waals surface area (Å²) in [6, 6.07) is 40.0. The normalized spacial score (nSPS) is 9.12. The Balaban J connectivity index is 1.88. The van der Waals surface area contributed by atoms with Crippen LogP contribution in [0.3, 0.4) is 0 Å². The molecule has 0 saturated heterocycles. The molecule has 0 aliphatic carbocycles. The lowest BCUT2D eigenvalue weighted by Gasteiger charge is -1.97. The predicted octanol–water partition coefficient (Wildman–Crippen LogP) is 7.01. The van der Waals surface area contributed by atoms with Crippen LogP contribution in [-0.4, -0.2) is 0 Å². The Kier molecular flexibility index (Phi) is 7.01. The van der Waals surface area contributed by atoms with Crippen molar-refractivity contribution in [2.45, 2.75) is 0 Å². The molecule has 4 aromatic rings. The van der Waals surface area contributed by atoms with Crippen LogP contribution in [0.2, 0.25) is 0 Å². The van der Waals surface area contributed by atoms with E-state index in [1.165, 1.54) is 0 Å². The van der Waals surface area contributed by atoms with E-state index in [-0.39, 0.29) is 0 Å². The molecule has 0 spiro atoms. The van der Waals surface area contributed by atoms with Crippen LogP contribution in [-0.2, 0) is 0 Å². The van der Waals surface area contributed by atoms with E-state index in [0.29, 0.717) is 0 Å². The average molecular weight is 405 g/mol. The quantitative estimate of drug-likeness (QED) is 0.249. The van der Waals surface area contributed by atoms with Crippen molar-refractivity contribution < 1.29 is 0 Å². The molecule has 0 aliphatic heterocycles. The first-order valence-corrected chi connectivity index (χ1v) is 10.4. The number of hydrogen-bond donors (Lipinski definition) is 0. The van der Waals surface area contributed by atoms with Crippen LogP contribution in [0.1, 0.15) is 22.3 Å². The lowest BCUT2D eigenvalue weighted by molar-refractivity contribution is 1.62. The molecule has 0 heteroatoms. The molecule has 0 radical (unpaired) electrons. The molecule has 0 aliphatic rings. The molecule has 0 unspecified atom stereocenters. The van der Waals surface area contributed by atoms with Gasteiger partial charge >= 0.3 is 0 Å². The Labute approximate surface area is 189 Å². The second kappa shape index (κ2) is 10.9. The number of benzene rings is 4. The molecule has 148 valence electrons. The van der Waals surface area contributed by atoms with E-state index < -0.39 is 0 Å². The van der Waals surface area contributed by atoms with Gasteiger partial charge in [0, 0.05) is 11.1 Å². The van der Waals surface area contributed by atoms with Crippen molar-refractivity contribution in [2.75, 3.05) is 0 Å². The second-order valence-electron chi connectivity index (χ2n) is 6.96. The molecule has 0 heterocycles. The van der Waals surface area contributed by atoms with Crippen molar-refractivity contribution >= 4 is 11.1 Å². The highest BCUT2D eigenvalue weighted by atomic mass is 14.0. The van der Waals surface area contributed by atoms with Crippen molar-refractivity contribution in [2.24, 2.45) is 0 Å². The molecular formula is C32H20. The molecule has 0 atom stereocenters. The van der Waals surface area contributed by atoms with Crippen LogP contribution < -0.4 is 0 Å². The first-order valence-electron chi connectivity index (χ1n) is 10.4. The first-order chi connectivity index (χ1) is 15.9. The molecule has 0 aromatic heterocycles. The van der Waals surface area contributed by atoms with E-state index in [1.54, 1.807) is 0 Å². The van der Waals surface area contributed by atoms with Gasteiger partial charge in [-0.1, -0.05) is 132 Å². The summed E-state index contributed by atoms with van der Waals surface area (Å²) >= 11 is 0. The number of rotatable bonds is 2. The van der Waals surface area contributed by atoms with E-state index in [1.807, 2.05) is 121 Å². The SMILES string of the molecule is C(=C=C(C#Cc1ccccc1)c1ccccc1)=C(C#Cc1ccccc1)c1ccccc1. The predicted molar refractivity (Wildman–Crippen MR) is 133 cm³/mol. The lowest BCUT2D eigenvalue weighted by atomic mass is 10.0. The van der Waals surface area contributed by atoms with Gasteiger partial charge in [0.25, 0.3) is 0 Å². The zero-order valence-corrected chi connectivity index (χ0v) is 17.5. The van der Waals surface area contributed by atoms with Gasteiger partial charge < -0.3 is 0 Å². The molecule has 0 nitrogen and oxygen atoms in total. The highest BCUT2D eigenvalue weighted by Gasteiger charge is 1.98. The Bertz CT molecular complexity index is 1280. The average Bonchev–Trinajstić information content (AvgIpc) is 2.88. The molecule has 0 bridgehead atoms. The van der Waals surface area contributed by atoms with Gasteiger partial charge in [0.05, 0.1) is 11.1 Å². The van der Waals surface area contributed by atoms with Crippen LogP contribution in [0, 0.1) is 23.7 Å². The summed E-state index contributed by atoms with van der Waals surface area (Å²) in [6.45, 7) is 0. The van der Waals surface area contributed by atoms with Gasteiger partial charge in [-0.3, -0.25) is 0 Å². The summed E-state index contributed by atoms with van der Waals surface area (Å²) in [5, 5.41) is 0. The fraction of sp³-hybridized carbons (Fsp3) is 0. The molecule has 0 saturated carbocycles. The molecule has 4 aromatic carbocycles. The van der Waals surface area contributed by atoms with Crippen LogP contribution in [0.25, 0.3) is 11.1 Å². The van der Waals surface area contributed by atoms with Gasteiger partial charge in [-0.05, 0) is 35.4 Å². The van der Waals surface area contributed by atoms with Crippen LogP contribution >= 0.6 is 0 Å². The van der Waals surface area contributed by atoms with Crippen molar-refractivity contribution in [3.8, 4) is 23.7 Å². The van der Waals surface area contributed by atoms with E-state index >= 15 is 0 Å². The summed E-state index contributed by atoms with van der Waals surface area (Å²) in [5.74, 6) is 13.0. The summed E-state index contributed by atoms with van der Waals surface area (Å²) in [4.78, 5) is 0. The standard InChI is InChI=1S/C32H20/c1-5-13-27(14-6-1)21-23-31(29-17-9-3-10-18-29)25-26-32(30-19-11-4-12-20-30)24-22-28-15-7-2-8-16-28/h1-20H. The fourth-order valence-electron chi connectivity index (χ4n) is 3.00. The van der Waals surface area contributed by atoms with Crippen molar-refractivity contribution in [3.05, 3.63) is 155 Å². The third kappa shape index (κ3) is 5.90. The fourth-order valence-corrected chi connectivity index (χ4v) is 3.00. The third-order valence-electron chi connectivity index (χ3n) is 4.65. The molecule has 0 fully saturated rings. The smallest absolute Gasteiger partial charge is 0.0622 e. The molecular weight excluding hydrogens is 384 g/mol. The van der Waals surface area contributed by atoms with Gasteiger partial charge in [0.1, 0.15) is 0 Å². The Hall–Kier alpha value is -4.70. The van der Waals surface area contributed by atoms with Crippen molar-refractivity contribution in [1.82, 2.24) is 0 Å². The van der Waals surface area contributed by atoms with Gasteiger partial charge in [-0.15, -0.1) is 0 Å². The third-order valence-corrected chi connectivity index (χ3v) is 4.65. The second-order valence-corrected chi connectivity index (χ2v) is 6.96. The molecule has 4 rings (SSSR count). The largest absolute Gasteiger partial charge is 0.0824 e. The van der Waals surface area contributed by atoms with E-state index in [4.69, 9.17) is 0 Å². The minimum absolute atomic E-state index is 0.768.